The molecule has 4 heteroatoms. The molecule has 0 bridgehead atoms. The lowest BCUT2D eigenvalue weighted by Gasteiger charge is -2.27. The molecule has 4 rings (SSSR count). The number of ketones is 2. The van der Waals surface area contributed by atoms with Gasteiger partial charge in [0.2, 0.25) is 0 Å². The van der Waals surface area contributed by atoms with E-state index in [1.165, 1.54) is 11.6 Å². The number of carbonyl (C=O) groups excluding carboxylic acids is 2. The van der Waals surface area contributed by atoms with Crippen molar-refractivity contribution >= 4 is 11.6 Å². The monoisotopic (exact) mass is 386 g/mol. The van der Waals surface area contributed by atoms with E-state index in [1.807, 2.05) is 24.3 Å². The minimum Gasteiger partial charge on any atom is -0.504 e. The molecule has 3 aromatic carbocycles. The minimum atomic E-state index is -0.609. The van der Waals surface area contributed by atoms with Crippen LogP contribution in [0.15, 0.2) is 66.7 Å². The van der Waals surface area contributed by atoms with Crippen molar-refractivity contribution in [1.82, 2.24) is 0 Å². The smallest absolute Gasteiger partial charge is 0.197 e. The summed E-state index contributed by atoms with van der Waals surface area (Å²) in [7, 11) is 0. The lowest BCUT2D eigenvalue weighted by Crippen LogP contribution is -2.25. The van der Waals surface area contributed by atoms with Gasteiger partial charge in [0.25, 0.3) is 0 Å². The molecule has 0 saturated carbocycles. The highest BCUT2D eigenvalue weighted by Gasteiger charge is 2.37. The molecule has 0 aromatic heterocycles. The van der Waals surface area contributed by atoms with E-state index in [2.05, 4.69) is 12.1 Å². The third-order valence-corrected chi connectivity index (χ3v) is 5.55. The Balaban J connectivity index is 1.58. The fourth-order valence-corrected chi connectivity index (χ4v) is 4.10. The summed E-state index contributed by atoms with van der Waals surface area (Å²) in [6.45, 7) is 0. The van der Waals surface area contributed by atoms with Crippen molar-refractivity contribution < 1.29 is 19.8 Å². The Bertz CT molecular complexity index is 1070. The molecule has 2 N–H and O–H groups in total. The molecule has 1 aliphatic carbocycles. The van der Waals surface area contributed by atoms with Gasteiger partial charge >= 0.3 is 0 Å². The Morgan fingerprint density at radius 2 is 1.55 bits per heavy atom. The molecular weight excluding hydrogens is 364 g/mol. The maximum absolute atomic E-state index is 13.2. The fourth-order valence-electron chi connectivity index (χ4n) is 4.10. The van der Waals surface area contributed by atoms with Crippen molar-refractivity contribution in [2.24, 2.45) is 0 Å². The lowest BCUT2D eigenvalue weighted by atomic mass is 9.74. The summed E-state index contributed by atoms with van der Waals surface area (Å²) in [6.07, 6.45) is 2.96. The predicted octanol–water partition coefficient (Wildman–Crippen LogP) is 4.76. The van der Waals surface area contributed by atoms with Gasteiger partial charge in [0, 0.05) is 12.0 Å². The number of phenolic OH excluding ortho intramolecular Hbond substituents is 2. The van der Waals surface area contributed by atoms with Crippen LogP contribution in [0.1, 0.15) is 57.8 Å². The highest BCUT2D eigenvalue weighted by molar-refractivity contribution is 6.17. The van der Waals surface area contributed by atoms with Crippen LogP contribution in [0.4, 0.5) is 0 Å². The molecule has 1 aliphatic rings. The molecule has 0 fully saturated rings. The van der Waals surface area contributed by atoms with Crippen LogP contribution in [-0.4, -0.2) is 21.8 Å². The van der Waals surface area contributed by atoms with Gasteiger partial charge in [-0.2, -0.15) is 0 Å². The molecule has 0 saturated heterocycles. The predicted molar refractivity (Wildman–Crippen MR) is 110 cm³/mol. The summed E-state index contributed by atoms with van der Waals surface area (Å²) in [5.41, 5.74) is 2.83. The van der Waals surface area contributed by atoms with Crippen molar-refractivity contribution in [3.63, 3.8) is 0 Å². The molecule has 0 amide bonds. The Morgan fingerprint density at radius 3 is 2.34 bits per heavy atom. The first kappa shape index (κ1) is 18.9. The average Bonchev–Trinajstić information content (AvgIpc) is 2.74. The first-order valence-electron chi connectivity index (χ1n) is 9.83. The van der Waals surface area contributed by atoms with Gasteiger partial charge in [-0.05, 0) is 42.0 Å². The van der Waals surface area contributed by atoms with Crippen LogP contribution < -0.4 is 0 Å². The second-order valence-electron chi connectivity index (χ2n) is 7.41. The van der Waals surface area contributed by atoms with E-state index in [0.717, 1.165) is 19.3 Å². The van der Waals surface area contributed by atoms with Gasteiger partial charge < -0.3 is 10.2 Å². The van der Waals surface area contributed by atoms with Crippen LogP contribution in [0, 0.1) is 0 Å². The van der Waals surface area contributed by atoms with E-state index in [0.29, 0.717) is 23.1 Å². The maximum atomic E-state index is 13.2. The standard InChI is InChI=1S/C25H22O4/c26-20(13-7-4-10-16-8-2-1-3-9-16)22-17-11-5-6-12-18(17)24(28)23-19(22)14-15-21(27)25(23)29/h1-3,5-6,8-9,11-12,14-15,22,27,29H,4,7,10,13H2. The number of unbranched alkanes of at least 4 members (excludes halogenated alkanes) is 1. The molecule has 1 atom stereocenters. The Labute approximate surface area is 169 Å². The van der Waals surface area contributed by atoms with Gasteiger partial charge in [0.15, 0.2) is 17.3 Å². The number of phenols is 2. The number of hydrogen-bond donors (Lipinski definition) is 2. The topological polar surface area (TPSA) is 74.6 Å². The van der Waals surface area contributed by atoms with Crippen molar-refractivity contribution in [3.05, 3.63) is 94.5 Å². The molecule has 0 spiro atoms. The summed E-state index contributed by atoms with van der Waals surface area (Å²) in [4.78, 5) is 26.1. The Hall–Kier alpha value is -3.40. The lowest BCUT2D eigenvalue weighted by molar-refractivity contribution is -0.119. The van der Waals surface area contributed by atoms with Gasteiger partial charge in [0.05, 0.1) is 11.5 Å². The number of carbonyl (C=O) groups is 2. The molecule has 0 heterocycles. The second kappa shape index (κ2) is 7.92. The largest absolute Gasteiger partial charge is 0.504 e. The van der Waals surface area contributed by atoms with Crippen molar-refractivity contribution in [2.75, 3.05) is 0 Å². The summed E-state index contributed by atoms with van der Waals surface area (Å²) < 4.78 is 0. The molecule has 146 valence electrons. The number of benzene rings is 3. The molecule has 3 aromatic rings. The summed E-state index contributed by atoms with van der Waals surface area (Å²) >= 11 is 0. The van der Waals surface area contributed by atoms with Crippen LogP contribution in [0.5, 0.6) is 11.5 Å². The summed E-state index contributed by atoms with van der Waals surface area (Å²) in [6, 6.07) is 20.1. The van der Waals surface area contributed by atoms with Crippen LogP contribution in [0.2, 0.25) is 0 Å². The SMILES string of the molecule is O=C1c2ccccc2C(C(=O)CCCCc2ccccc2)c2ccc(O)c(O)c21. The highest BCUT2D eigenvalue weighted by Crippen LogP contribution is 2.44. The normalized spacial score (nSPS) is 14.9. The summed E-state index contributed by atoms with van der Waals surface area (Å²) in [5, 5.41) is 20.2. The zero-order valence-corrected chi connectivity index (χ0v) is 16.0. The maximum Gasteiger partial charge on any atom is 0.197 e. The number of rotatable bonds is 6. The highest BCUT2D eigenvalue weighted by atomic mass is 16.3. The zero-order chi connectivity index (χ0) is 20.4. The van der Waals surface area contributed by atoms with Crippen LogP contribution in [0.25, 0.3) is 0 Å². The van der Waals surface area contributed by atoms with E-state index in [9.17, 15) is 19.8 Å². The first-order valence-corrected chi connectivity index (χ1v) is 9.83. The quantitative estimate of drug-likeness (QED) is 0.473. The third-order valence-electron chi connectivity index (χ3n) is 5.55. The Kier molecular flexibility index (Phi) is 5.17. The molecule has 1 unspecified atom stereocenters. The van der Waals surface area contributed by atoms with E-state index >= 15 is 0 Å². The first-order chi connectivity index (χ1) is 14.1. The van der Waals surface area contributed by atoms with E-state index in [4.69, 9.17) is 0 Å². The molecule has 4 nitrogen and oxygen atoms in total. The number of aryl methyl sites for hydroxylation is 1. The third kappa shape index (κ3) is 3.54. The average molecular weight is 386 g/mol. The van der Waals surface area contributed by atoms with Gasteiger partial charge in [0.1, 0.15) is 5.78 Å². The van der Waals surface area contributed by atoms with E-state index in [1.54, 1.807) is 24.3 Å². The van der Waals surface area contributed by atoms with Crippen molar-refractivity contribution in [1.29, 1.82) is 0 Å². The summed E-state index contributed by atoms with van der Waals surface area (Å²) in [5.74, 6) is -1.77. The van der Waals surface area contributed by atoms with Gasteiger partial charge in [-0.15, -0.1) is 0 Å². The van der Waals surface area contributed by atoms with E-state index < -0.39 is 11.7 Å². The van der Waals surface area contributed by atoms with Gasteiger partial charge in [-0.1, -0.05) is 60.7 Å². The molecular formula is C25H22O4. The van der Waals surface area contributed by atoms with Crippen molar-refractivity contribution in [3.8, 4) is 11.5 Å². The molecule has 0 aliphatic heterocycles. The number of hydrogen-bond acceptors (Lipinski definition) is 4. The molecule has 0 radical (unpaired) electrons. The number of Topliss-reactive ketones (excluding diaryl/α,β-unsaturated/α-hetero) is 1. The van der Waals surface area contributed by atoms with Gasteiger partial charge in [-0.3, -0.25) is 9.59 Å². The van der Waals surface area contributed by atoms with Crippen molar-refractivity contribution in [2.45, 2.75) is 31.6 Å². The number of aromatic hydroxyl groups is 2. The van der Waals surface area contributed by atoms with Crippen LogP contribution >= 0.6 is 0 Å². The zero-order valence-electron chi connectivity index (χ0n) is 16.0. The van der Waals surface area contributed by atoms with Crippen LogP contribution in [-0.2, 0) is 11.2 Å². The number of fused-ring (bicyclic) bond motifs is 2. The van der Waals surface area contributed by atoms with Gasteiger partial charge in [-0.25, -0.2) is 0 Å². The minimum absolute atomic E-state index is 0.0179. The fraction of sp³-hybridized carbons (Fsp3) is 0.200. The van der Waals surface area contributed by atoms with E-state index in [-0.39, 0.29) is 22.9 Å². The Morgan fingerprint density at radius 1 is 0.828 bits per heavy atom. The molecule has 29 heavy (non-hydrogen) atoms. The second-order valence-corrected chi connectivity index (χ2v) is 7.41. The van der Waals surface area contributed by atoms with Crippen LogP contribution in [0.3, 0.4) is 0 Å².